The predicted molar refractivity (Wildman–Crippen MR) is 129 cm³/mol. The summed E-state index contributed by atoms with van der Waals surface area (Å²) in [5, 5.41) is 12.2. The van der Waals surface area contributed by atoms with Crippen LogP contribution in [0, 0.1) is 0 Å². The van der Waals surface area contributed by atoms with Crippen LogP contribution in [0.25, 0.3) is 5.69 Å². The fraction of sp³-hybridized carbons (Fsp3) is 0.333. The number of carbonyl (C=O) groups excluding carboxylic acids is 1. The van der Waals surface area contributed by atoms with Crippen LogP contribution >= 0.6 is 23.2 Å². The Balaban J connectivity index is 1.97. The summed E-state index contributed by atoms with van der Waals surface area (Å²) in [5.41, 5.74) is -2.49. The van der Waals surface area contributed by atoms with Crippen LogP contribution < -0.4 is 26.9 Å². The van der Waals surface area contributed by atoms with Crippen molar-refractivity contribution in [2.45, 2.75) is 46.1 Å². The van der Waals surface area contributed by atoms with Crippen molar-refractivity contribution in [2.75, 3.05) is 5.32 Å². The summed E-state index contributed by atoms with van der Waals surface area (Å²) in [7, 11) is 0. The highest BCUT2D eigenvalue weighted by Crippen LogP contribution is 2.37. The summed E-state index contributed by atoms with van der Waals surface area (Å²) in [6, 6.07) is 4.08. The van der Waals surface area contributed by atoms with Crippen LogP contribution in [0.5, 0.6) is 11.6 Å². The third-order valence-electron chi connectivity index (χ3n) is 4.31. The van der Waals surface area contributed by atoms with Crippen LogP contribution in [-0.2, 0) is 4.74 Å². The smallest absolute Gasteiger partial charge is 0.413 e. The minimum absolute atomic E-state index is 0.0101. The van der Waals surface area contributed by atoms with Crippen LogP contribution in [0.15, 0.2) is 32.6 Å². The lowest BCUT2D eigenvalue weighted by Gasteiger charge is -2.19. The van der Waals surface area contributed by atoms with Gasteiger partial charge in [0.15, 0.2) is 5.75 Å². The molecule has 0 bridgehead atoms. The number of nitrogens with one attached hydrogen (secondary N) is 3. The number of nitrogens with zero attached hydrogens (tertiary/aromatic N) is 3. The Morgan fingerprint density at radius 1 is 1.09 bits per heavy atom. The van der Waals surface area contributed by atoms with Crippen molar-refractivity contribution in [2.24, 2.45) is 0 Å². The van der Waals surface area contributed by atoms with E-state index < -0.39 is 28.8 Å². The third-order valence-corrected chi connectivity index (χ3v) is 4.87. The number of H-pyrrole nitrogens is 2. The molecule has 0 aliphatic rings. The van der Waals surface area contributed by atoms with Crippen LogP contribution in [0.4, 0.5) is 10.6 Å². The fourth-order valence-electron chi connectivity index (χ4n) is 2.81. The molecular weight excluding hydrogens is 503 g/mol. The van der Waals surface area contributed by atoms with Crippen molar-refractivity contribution in [1.29, 1.82) is 0 Å². The Hall–Kier alpha value is -3.64. The van der Waals surface area contributed by atoms with Gasteiger partial charge in [0.05, 0.1) is 15.7 Å². The number of carbonyl (C=O) groups is 1. The summed E-state index contributed by atoms with van der Waals surface area (Å²) in [5.74, 6) is -0.506. The molecule has 0 aliphatic carbocycles. The van der Waals surface area contributed by atoms with E-state index in [2.05, 4.69) is 20.6 Å². The molecule has 0 saturated heterocycles. The van der Waals surface area contributed by atoms with E-state index in [0.29, 0.717) is 5.56 Å². The van der Waals surface area contributed by atoms with Crippen molar-refractivity contribution in [3.05, 3.63) is 65.0 Å². The first-order valence-corrected chi connectivity index (χ1v) is 11.0. The zero-order valence-corrected chi connectivity index (χ0v) is 20.9. The van der Waals surface area contributed by atoms with Gasteiger partial charge in [0, 0.05) is 11.6 Å². The normalized spacial score (nSPS) is 11.4. The molecule has 3 aromatic rings. The molecule has 1 aromatic carbocycles. The molecule has 0 spiro atoms. The van der Waals surface area contributed by atoms with E-state index in [1.54, 1.807) is 20.8 Å². The second kappa shape index (κ2) is 9.92. The fourth-order valence-corrected chi connectivity index (χ4v) is 3.36. The lowest BCUT2D eigenvalue weighted by atomic mass is 10.1. The molecule has 186 valence electrons. The molecule has 0 atom stereocenters. The topological polar surface area (TPSA) is 161 Å². The first-order valence-electron chi connectivity index (χ1n) is 10.3. The van der Waals surface area contributed by atoms with Gasteiger partial charge in [-0.05, 0) is 38.8 Å². The molecule has 0 fully saturated rings. The minimum atomic E-state index is -0.935. The molecule has 3 N–H and O–H groups in total. The third kappa shape index (κ3) is 6.28. The van der Waals surface area contributed by atoms with E-state index in [0.717, 1.165) is 4.68 Å². The van der Waals surface area contributed by atoms with Crippen molar-refractivity contribution in [3.63, 3.8) is 0 Å². The second-order valence-corrected chi connectivity index (χ2v) is 9.45. The summed E-state index contributed by atoms with van der Waals surface area (Å²) < 4.78 is 11.5. The van der Waals surface area contributed by atoms with Gasteiger partial charge in [0.2, 0.25) is 11.7 Å². The summed E-state index contributed by atoms with van der Waals surface area (Å²) in [6.45, 7) is 8.61. The monoisotopic (exact) mass is 524 g/mol. The molecule has 1 amide bonds. The number of halogens is 2. The minimum Gasteiger partial charge on any atom is -0.444 e. The number of amides is 1. The van der Waals surface area contributed by atoms with Crippen molar-refractivity contribution in [1.82, 2.24) is 25.0 Å². The van der Waals surface area contributed by atoms with E-state index in [9.17, 15) is 19.2 Å². The Labute approximate surface area is 208 Å². The molecule has 12 nitrogen and oxygen atoms in total. The Kier molecular flexibility index (Phi) is 7.36. The van der Waals surface area contributed by atoms with Crippen LogP contribution in [0.1, 0.15) is 46.1 Å². The van der Waals surface area contributed by atoms with E-state index in [1.165, 1.54) is 18.2 Å². The standard InChI is InChI=1S/C21H22Cl2N6O6/c1-9(2)11-8-14(26-27-17(11)30)34-15-12(22)6-10(7-13(15)23)29-19(32)25-18(31)16(28-29)24-20(33)35-21(3,4)5/h6-9H,1-5H3,(H,27,30)(H,24,28,33)(H,25,31,32). The molecule has 3 rings (SSSR count). The highest BCUT2D eigenvalue weighted by atomic mass is 35.5. The van der Waals surface area contributed by atoms with Gasteiger partial charge in [-0.3, -0.25) is 19.9 Å². The maximum absolute atomic E-state index is 12.4. The van der Waals surface area contributed by atoms with Gasteiger partial charge in [-0.1, -0.05) is 37.0 Å². The van der Waals surface area contributed by atoms with E-state index in [-0.39, 0.29) is 38.8 Å². The van der Waals surface area contributed by atoms with Gasteiger partial charge in [0.25, 0.3) is 11.1 Å². The average molecular weight is 525 g/mol. The first-order chi connectivity index (χ1) is 16.2. The maximum Gasteiger partial charge on any atom is 0.413 e. The molecule has 35 heavy (non-hydrogen) atoms. The number of anilines is 1. The van der Waals surface area contributed by atoms with Gasteiger partial charge < -0.3 is 9.47 Å². The number of ether oxygens (including phenoxy) is 2. The highest BCUT2D eigenvalue weighted by Gasteiger charge is 2.20. The Morgan fingerprint density at radius 3 is 2.29 bits per heavy atom. The molecular formula is C21H22Cl2N6O6. The molecule has 0 aliphatic heterocycles. The predicted octanol–water partition coefficient (Wildman–Crippen LogP) is 3.57. The number of hydrogen-bond acceptors (Lipinski definition) is 8. The van der Waals surface area contributed by atoms with Gasteiger partial charge in [-0.25, -0.2) is 14.7 Å². The van der Waals surface area contributed by atoms with Crippen molar-refractivity contribution < 1.29 is 14.3 Å². The Bertz CT molecular complexity index is 1430. The molecule has 0 saturated carbocycles. The van der Waals surface area contributed by atoms with Gasteiger partial charge in [-0.2, -0.15) is 4.68 Å². The number of hydrogen-bond donors (Lipinski definition) is 3. The molecule has 0 unspecified atom stereocenters. The Morgan fingerprint density at radius 2 is 1.71 bits per heavy atom. The van der Waals surface area contributed by atoms with Gasteiger partial charge in [-0.15, -0.1) is 10.2 Å². The van der Waals surface area contributed by atoms with Crippen molar-refractivity contribution >= 4 is 35.1 Å². The van der Waals surface area contributed by atoms with E-state index >= 15 is 0 Å². The lowest BCUT2D eigenvalue weighted by molar-refractivity contribution is 0.0634. The summed E-state index contributed by atoms with van der Waals surface area (Å²) in [6.07, 6.45) is -0.935. The number of aromatic nitrogens is 5. The number of benzene rings is 1. The second-order valence-electron chi connectivity index (χ2n) is 8.63. The van der Waals surface area contributed by atoms with E-state index in [4.69, 9.17) is 32.7 Å². The van der Waals surface area contributed by atoms with Crippen LogP contribution in [-0.4, -0.2) is 36.7 Å². The van der Waals surface area contributed by atoms with Gasteiger partial charge in [0.1, 0.15) is 5.60 Å². The first kappa shape index (κ1) is 26.0. The van der Waals surface area contributed by atoms with Crippen LogP contribution in [0.2, 0.25) is 10.0 Å². The van der Waals surface area contributed by atoms with Gasteiger partial charge >= 0.3 is 11.8 Å². The lowest BCUT2D eigenvalue weighted by Crippen LogP contribution is -2.36. The summed E-state index contributed by atoms with van der Waals surface area (Å²) in [4.78, 5) is 50.5. The maximum atomic E-state index is 12.4. The van der Waals surface area contributed by atoms with E-state index in [1.807, 2.05) is 18.8 Å². The zero-order chi connectivity index (χ0) is 26.1. The van der Waals surface area contributed by atoms with Crippen LogP contribution in [0.3, 0.4) is 0 Å². The highest BCUT2D eigenvalue weighted by molar-refractivity contribution is 6.37. The molecule has 2 aromatic heterocycles. The number of aromatic amines is 2. The molecule has 0 radical (unpaired) electrons. The average Bonchev–Trinajstić information content (AvgIpc) is 2.72. The SMILES string of the molecule is CC(C)c1cc(Oc2c(Cl)cc(-n3nc(NC(=O)OC(C)(C)C)c(=O)[nH]c3=O)cc2Cl)n[nH]c1=O. The molecule has 14 heteroatoms. The quantitative estimate of drug-likeness (QED) is 0.456. The zero-order valence-electron chi connectivity index (χ0n) is 19.4. The number of rotatable bonds is 5. The largest absolute Gasteiger partial charge is 0.444 e. The molecule has 2 heterocycles. The summed E-state index contributed by atoms with van der Waals surface area (Å²) >= 11 is 12.7. The van der Waals surface area contributed by atoms with Crippen molar-refractivity contribution in [3.8, 4) is 17.3 Å².